The van der Waals surface area contributed by atoms with E-state index in [2.05, 4.69) is 10.6 Å². The standard InChI is InChI=1S/C15H19FN2O2/c16-10-5-6-14-12(9-10)13(7-8-20-14)18-15(19)17-11-3-1-2-4-11/h5-6,9,11,13H,1-4,7-8H2,(H2,17,18,19). The van der Waals surface area contributed by atoms with E-state index in [1.54, 1.807) is 6.07 Å². The fourth-order valence-corrected chi connectivity index (χ4v) is 2.97. The maximum atomic E-state index is 13.3. The van der Waals surface area contributed by atoms with Crippen LogP contribution in [0.25, 0.3) is 0 Å². The first kappa shape index (κ1) is 13.2. The van der Waals surface area contributed by atoms with E-state index in [0.29, 0.717) is 18.8 Å². The molecule has 0 bridgehead atoms. The van der Waals surface area contributed by atoms with Crippen molar-refractivity contribution in [2.75, 3.05) is 6.61 Å². The van der Waals surface area contributed by atoms with Gasteiger partial charge in [0, 0.05) is 18.0 Å². The summed E-state index contributed by atoms with van der Waals surface area (Å²) in [6.45, 7) is 0.535. The zero-order valence-electron chi connectivity index (χ0n) is 11.3. The van der Waals surface area contributed by atoms with Crippen molar-refractivity contribution in [2.45, 2.75) is 44.2 Å². The molecule has 4 nitrogen and oxygen atoms in total. The number of ether oxygens (including phenoxy) is 1. The molecule has 1 atom stereocenters. The van der Waals surface area contributed by atoms with E-state index in [4.69, 9.17) is 4.74 Å². The number of benzene rings is 1. The number of hydrogen-bond acceptors (Lipinski definition) is 2. The van der Waals surface area contributed by atoms with Crippen molar-refractivity contribution in [2.24, 2.45) is 0 Å². The predicted molar refractivity (Wildman–Crippen MR) is 73.2 cm³/mol. The van der Waals surface area contributed by atoms with Gasteiger partial charge < -0.3 is 15.4 Å². The molecule has 1 saturated carbocycles. The van der Waals surface area contributed by atoms with Gasteiger partial charge in [0.25, 0.3) is 0 Å². The van der Waals surface area contributed by atoms with Gasteiger partial charge in [-0.1, -0.05) is 12.8 Å². The Labute approximate surface area is 117 Å². The lowest BCUT2D eigenvalue weighted by Crippen LogP contribution is -2.43. The highest BCUT2D eigenvalue weighted by Gasteiger charge is 2.25. The third-order valence-corrected chi connectivity index (χ3v) is 4.01. The minimum atomic E-state index is -0.308. The summed E-state index contributed by atoms with van der Waals surface area (Å²) in [6, 6.07) is 4.36. The molecule has 0 spiro atoms. The van der Waals surface area contributed by atoms with Crippen molar-refractivity contribution in [1.29, 1.82) is 0 Å². The van der Waals surface area contributed by atoms with Crippen LogP contribution < -0.4 is 15.4 Å². The Bertz CT molecular complexity index is 501. The van der Waals surface area contributed by atoms with Gasteiger partial charge in [-0.05, 0) is 31.0 Å². The average Bonchev–Trinajstić information content (AvgIpc) is 2.92. The highest BCUT2D eigenvalue weighted by Crippen LogP contribution is 2.32. The number of nitrogens with one attached hydrogen (secondary N) is 2. The molecule has 3 rings (SSSR count). The van der Waals surface area contributed by atoms with Crippen LogP contribution in [0.1, 0.15) is 43.7 Å². The second kappa shape index (κ2) is 5.69. The molecule has 1 aromatic rings. The molecule has 20 heavy (non-hydrogen) atoms. The topological polar surface area (TPSA) is 50.4 Å². The molecule has 1 heterocycles. The first-order chi connectivity index (χ1) is 9.72. The van der Waals surface area contributed by atoms with Crippen molar-refractivity contribution in [3.8, 4) is 5.75 Å². The molecule has 1 aromatic carbocycles. The molecule has 0 radical (unpaired) electrons. The highest BCUT2D eigenvalue weighted by molar-refractivity contribution is 5.75. The van der Waals surface area contributed by atoms with Gasteiger partial charge in [-0.15, -0.1) is 0 Å². The van der Waals surface area contributed by atoms with Crippen LogP contribution in [-0.4, -0.2) is 18.7 Å². The Morgan fingerprint density at radius 1 is 1.20 bits per heavy atom. The van der Waals surface area contributed by atoms with E-state index in [1.807, 2.05) is 0 Å². The van der Waals surface area contributed by atoms with Crippen molar-refractivity contribution in [1.82, 2.24) is 10.6 Å². The van der Waals surface area contributed by atoms with Crippen LogP contribution in [0.4, 0.5) is 9.18 Å². The summed E-state index contributed by atoms with van der Waals surface area (Å²) in [7, 11) is 0. The molecule has 1 aliphatic carbocycles. The summed E-state index contributed by atoms with van der Waals surface area (Å²) in [5, 5.41) is 5.92. The van der Waals surface area contributed by atoms with Crippen LogP contribution >= 0.6 is 0 Å². The van der Waals surface area contributed by atoms with E-state index >= 15 is 0 Å². The number of urea groups is 1. The monoisotopic (exact) mass is 278 g/mol. The summed E-state index contributed by atoms with van der Waals surface area (Å²) in [6.07, 6.45) is 5.11. The Morgan fingerprint density at radius 2 is 2.00 bits per heavy atom. The van der Waals surface area contributed by atoms with Crippen molar-refractivity contribution >= 4 is 6.03 Å². The summed E-state index contributed by atoms with van der Waals surface area (Å²) in [4.78, 5) is 12.0. The quantitative estimate of drug-likeness (QED) is 0.874. The van der Waals surface area contributed by atoms with E-state index in [9.17, 15) is 9.18 Å². The van der Waals surface area contributed by atoms with Crippen LogP contribution in [0.15, 0.2) is 18.2 Å². The van der Waals surface area contributed by atoms with Crippen LogP contribution in [0.5, 0.6) is 5.75 Å². The molecule has 1 aliphatic heterocycles. The van der Waals surface area contributed by atoms with Gasteiger partial charge in [-0.3, -0.25) is 0 Å². The fraction of sp³-hybridized carbons (Fsp3) is 0.533. The average molecular weight is 278 g/mol. The van der Waals surface area contributed by atoms with E-state index in [1.165, 1.54) is 25.0 Å². The molecular weight excluding hydrogens is 259 g/mol. The van der Waals surface area contributed by atoms with Gasteiger partial charge in [-0.25, -0.2) is 9.18 Å². The molecule has 108 valence electrons. The van der Waals surface area contributed by atoms with Gasteiger partial charge in [0.05, 0.1) is 12.6 Å². The smallest absolute Gasteiger partial charge is 0.315 e. The number of carbonyl (C=O) groups is 1. The lowest BCUT2D eigenvalue weighted by Gasteiger charge is -2.27. The number of hydrogen-bond donors (Lipinski definition) is 2. The minimum absolute atomic E-state index is 0.168. The zero-order chi connectivity index (χ0) is 13.9. The third kappa shape index (κ3) is 2.86. The summed E-state index contributed by atoms with van der Waals surface area (Å²) >= 11 is 0. The summed E-state index contributed by atoms with van der Waals surface area (Å²) < 4.78 is 18.8. The van der Waals surface area contributed by atoms with E-state index < -0.39 is 0 Å². The Balaban J connectivity index is 1.66. The van der Waals surface area contributed by atoms with Crippen molar-refractivity contribution in [3.05, 3.63) is 29.6 Å². The predicted octanol–water partition coefficient (Wildman–Crippen LogP) is 2.89. The lowest BCUT2D eigenvalue weighted by atomic mass is 10.0. The normalized spacial score (nSPS) is 21.9. The summed E-state index contributed by atoms with van der Waals surface area (Å²) in [5.74, 6) is 0.348. The Hall–Kier alpha value is -1.78. The maximum Gasteiger partial charge on any atom is 0.315 e. The lowest BCUT2D eigenvalue weighted by molar-refractivity contribution is 0.220. The van der Waals surface area contributed by atoms with Crippen LogP contribution in [-0.2, 0) is 0 Å². The summed E-state index contributed by atoms with van der Waals surface area (Å²) in [5.41, 5.74) is 0.720. The fourth-order valence-electron chi connectivity index (χ4n) is 2.97. The second-order valence-corrected chi connectivity index (χ2v) is 5.47. The zero-order valence-corrected chi connectivity index (χ0v) is 11.3. The molecule has 0 aromatic heterocycles. The number of rotatable bonds is 2. The minimum Gasteiger partial charge on any atom is -0.493 e. The Kier molecular flexibility index (Phi) is 3.76. The first-order valence-corrected chi connectivity index (χ1v) is 7.21. The van der Waals surface area contributed by atoms with E-state index in [0.717, 1.165) is 18.4 Å². The molecule has 2 aliphatic rings. The SMILES string of the molecule is O=C(NC1CCCC1)NC1CCOc2ccc(F)cc21. The molecule has 1 unspecified atom stereocenters. The molecule has 2 N–H and O–H groups in total. The van der Waals surface area contributed by atoms with Gasteiger partial charge >= 0.3 is 6.03 Å². The molecule has 2 amide bonds. The Morgan fingerprint density at radius 3 is 2.80 bits per heavy atom. The number of fused-ring (bicyclic) bond motifs is 1. The highest BCUT2D eigenvalue weighted by atomic mass is 19.1. The number of carbonyl (C=O) groups excluding carboxylic acids is 1. The molecule has 0 saturated heterocycles. The maximum absolute atomic E-state index is 13.3. The van der Waals surface area contributed by atoms with Crippen LogP contribution in [0, 0.1) is 5.82 Å². The van der Waals surface area contributed by atoms with Crippen molar-refractivity contribution in [3.63, 3.8) is 0 Å². The van der Waals surface area contributed by atoms with Gasteiger partial charge in [-0.2, -0.15) is 0 Å². The molecule has 5 heteroatoms. The largest absolute Gasteiger partial charge is 0.493 e. The van der Waals surface area contributed by atoms with Crippen molar-refractivity contribution < 1.29 is 13.9 Å². The number of halogens is 1. The first-order valence-electron chi connectivity index (χ1n) is 7.21. The molecular formula is C15H19FN2O2. The second-order valence-electron chi connectivity index (χ2n) is 5.47. The van der Waals surface area contributed by atoms with Gasteiger partial charge in [0.15, 0.2) is 0 Å². The van der Waals surface area contributed by atoms with Crippen LogP contribution in [0.2, 0.25) is 0 Å². The van der Waals surface area contributed by atoms with E-state index in [-0.39, 0.29) is 23.9 Å². The van der Waals surface area contributed by atoms with Crippen LogP contribution in [0.3, 0.4) is 0 Å². The molecule has 1 fully saturated rings. The van der Waals surface area contributed by atoms with Gasteiger partial charge in [0.2, 0.25) is 0 Å². The number of amides is 2. The third-order valence-electron chi connectivity index (χ3n) is 4.01. The van der Waals surface area contributed by atoms with Gasteiger partial charge in [0.1, 0.15) is 11.6 Å².